The fourth-order valence-corrected chi connectivity index (χ4v) is 2.91. The van der Waals surface area contributed by atoms with Crippen molar-refractivity contribution in [2.75, 3.05) is 5.32 Å². The number of hydrogen-bond donors (Lipinski definition) is 2. The smallest absolute Gasteiger partial charge is 0.309 e. The molecule has 0 saturated carbocycles. The number of ether oxygens (including phenoxy) is 1. The molecule has 2 aromatic carbocycles. The summed E-state index contributed by atoms with van der Waals surface area (Å²) in [5, 5.41) is 16.5. The monoisotopic (exact) mass is 467 g/mol. The van der Waals surface area contributed by atoms with Crippen molar-refractivity contribution < 1.29 is 24.0 Å². The molecule has 2 atom stereocenters. The van der Waals surface area contributed by atoms with Gasteiger partial charge in [-0.2, -0.15) is 0 Å². The van der Waals surface area contributed by atoms with E-state index < -0.39 is 28.9 Å². The van der Waals surface area contributed by atoms with Gasteiger partial charge in [0.15, 0.2) is 6.10 Å². The lowest BCUT2D eigenvalue weighted by Crippen LogP contribution is -2.33. The minimum atomic E-state index is -1.22. The lowest BCUT2D eigenvalue weighted by atomic mass is 10.0. The Morgan fingerprint density at radius 1 is 1.13 bits per heavy atom. The Morgan fingerprint density at radius 2 is 1.77 bits per heavy atom. The zero-order chi connectivity index (χ0) is 23.1. The Morgan fingerprint density at radius 3 is 2.35 bits per heavy atom. The van der Waals surface area contributed by atoms with Crippen LogP contribution in [0, 0.1) is 10.1 Å². The van der Waals surface area contributed by atoms with Crippen LogP contribution >= 0.6 is 23.2 Å². The van der Waals surface area contributed by atoms with E-state index in [1.807, 2.05) is 0 Å². The van der Waals surface area contributed by atoms with E-state index in [1.165, 1.54) is 26.0 Å². The van der Waals surface area contributed by atoms with Crippen LogP contribution in [0.3, 0.4) is 0 Å². The molecule has 164 valence electrons. The van der Waals surface area contributed by atoms with Crippen LogP contribution in [0.15, 0.2) is 42.5 Å². The summed E-state index contributed by atoms with van der Waals surface area (Å²) in [6.45, 7) is 2.65. The topological polar surface area (TPSA) is 128 Å². The molecule has 0 aliphatic heterocycles. The zero-order valence-electron chi connectivity index (χ0n) is 16.6. The summed E-state index contributed by atoms with van der Waals surface area (Å²) in [6.07, 6.45) is -1.44. The highest BCUT2D eigenvalue weighted by molar-refractivity contribution is 6.33. The lowest BCUT2D eigenvalue weighted by Gasteiger charge is -2.19. The first kappa shape index (κ1) is 24.1. The maximum absolute atomic E-state index is 12.4. The Hall–Kier alpha value is -3.17. The molecular weight excluding hydrogens is 449 g/mol. The lowest BCUT2D eigenvalue weighted by molar-refractivity contribution is -0.384. The number of rotatable bonds is 8. The minimum Gasteiger partial charge on any atom is -0.452 e. The average Bonchev–Trinajstić information content (AvgIpc) is 2.69. The molecule has 2 N–H and O–H groups in total. The van der Waals surface area contributed by atoms with Gasteiger partial charge in [-0.25, -0.2) is 0 Å². The van der Waals surface area contributed by atoms with Crippen molar-refractivity contribution in [2.45, 2.75) is 32.4 Å². The zero-order valence-corrected chi connectivity index (χ0v) is 18.1. The second-order valence-electron chi connectivity index (χ2n) is 6.55. The molecule has 0 radical (unpaired) electrons. The number of nitrogens with zero attached hydrogens (tertiary/aromatic N) is 1. The van der Waals surface area contributed by atoms with E-state index in [0.717, 1.165) is 6.07 Å². The largest absolute Gasteiger partial charge is 0.452 e. The number of anilines is 1. The molecule has 0 fully saturated rings. The van der Waals surface area contributed by atoms with Crippen LogP contribution in [0.5, 0.6) is 0 Å². The third-order valence-electron chi connectivity index (χ3n) is 4.12. The van der Waals surface area contributed by atoms with E-state index in [-0.39, 0.29) is 28.7 Å². The van der Waals surface area contributed by atoms with Crippen molar-refractivity contribution in [1.82, 2.24) is 5.32 Å². The van der Waals surface area contributed by atoms with Crippen LogP contribution in [0.1, 0.15) is 31.9 Å². The first-order valence-electron chi connectivity index (χ1n) is 9.03. The summed E-state index contributed by atoms with van der Waals surface area (Å²) in [6, 6.07) is 9.46. The molecule has 0 heterocycles. The van der Waals surface area contributed by atoms with Gasteiger partial charge in [0.05, 0.1) is 28.1 Å². The second-order valence-corrected chi connectivity index (χ2v) is 7.40. The van der Waals surface area contributed by atoms with E-state index in [9.17, 15) is 24.5 Å². The molecule has 2 rings (SSSR count). The highest BCUT2D eigenvalue weighted by Gasteiger charge is 2.23. The van der Waals surface area contributed by atoms with E-state index in [4.69, 9.17) is 27.9 Å². The molecule has 31 heavy (non-hydrogen) atoms. The molecule has 2 unspecified atom stereocenters. The third-order valence-corrected chi connectivity index (χ3v) is 4.70. The molecule has 9 nitrogen and oxygen atoms in total. The van der Waals surface area contributed by atoms with Gasteiger partial charge in [0, 0.05) is 24.1 Å². The Bertz CT molecular complexity index is 997. The predicted molar refractivity (Wildman–Crippen MR) is 115 cm³/mol. The number of hydrogen-bond acceptors (Lipinski definition) is 6. The molecule has 0 aliphatic rings. The highest BCUT2D eigenvalue weighted by Crippen LogP contribution is 2.27. The van der Waals surface area contributed by atoms with Crippen LogP contribution in [0.25, 0.3) is 0 Å². The number of amides is 2. The van der Waals surface area contributed by atoms with Gasteiger partial charge in [0.1, 0.15) is 0 Å². The van der Waals surface area contributed by atoms with Crippen LogP contribution in [-0.2, 0) is 19.1 Å². The first-order valence-corrected chi connectivity index (χ1v) is 9.79. The van der Waals surface area contributed by atoms with E-state index >= 15 is 0 Å². The number of nitro groups is 1. The highest BCUT2D eigenvalue weighted by atomic mass is 35.5. The fraction of sp³-hybridized carbons (Fsp3) is 0.250. The molecule has 0 bridgehead atoms. The number of halogens is 2. The number of esters is 1. The van der Waals surface area contributed by atoms with Gasteiger partial charge in [-0.1, -0.05) is 35.3 Å². The number of nitro benzene ring substituents is 1. The number of benzene rings is 2. The Balaban J connectivity index is 2.03. The predicted octanol–water partition coefficient (Wildman–Crippen LogP) is 4.04. The molecular formula is C20H19Cl2N3O6. The van der Waals surface area contributed by atoms with Crippen molar-refractivity contribution in [3.63, 3.8) is 0 Å². The normalized spacial score (nSPS) is 12.4. The van der Waals surface area contributed by atoms with Crippen LogP contribution in [0.2, 0.25) is 10.0 Å². The SMILES string of the molecule is CC(=O)NC(CC(=O)OC(C)C(=O)Nc1cc([N+](=O)[O-])ccc1Cl)c1ccc(Cl)cc1. The summed E-state index contributed by atoms with van der Waals surface area (Å²) < 4.78 is 5.15. The first-order chi connectivity index (χ1) is 14.6. The number of non-ortho nitro benzene ring substituents is 1. The van der Waals surface area contributed by atoms with E-state index in [1.54, 1.807) is 24.3 Å². The quantitative estimate of drug-likeness (QED) is 0.342. The fourth-order valence-electron chi connectivity index (χ4n) is 2.62. The van der Waals surface area contributed by atoms with Crippen molar-refractivity contribution in [3.8, 4) is 0 Å². The van der Waals surface area contributed by atoms with Gasteiger partial charge in [-0.15, -0.1) is 0 Å². The van der Waals surface area contributed by atoms with E-state index in [2.05, 4.69) is 10.6 Å². The molecule has 0 aliphatic carbocycles. The second kappa shape index (κ2) is 10.7. The molecule has 0 saturated heterocycles. The van der Waals surface area contributed by atoms with Crippen LogP contribution < -0.4 is 10.6 Å². The van der Waals surface area contributed by atoms with Crippen LogP contribution in [-0.4, -0.2) is 28.8 Å². The average molecular weight is 468 g/mol. The number of nitrogens with one attached hydrogen (secondary N) is 2. The van der Waals surface area contributed by atoms with Crippen LogP contribution in [0.4, 0.5) is 11.4 Å². The molecule has 0 aromatic heterocycles. The summed E-state index contributed by atoms with van der Waals surface area (Å²) in [5.41, 5.74) is 0.392. The Kier molecular flexibility index (Phi) is 8.35. The van der Waals surface area contributed by atoms with Crippen molar-refractivity contribution >= 4 is 52.4 Å². The van der Waals surface area contributed by atoms with Gasteiger partial charge >= 0.3 is 5.97 Å². The number of carbonyl (C=O) groups is 3. The molecule has 2 aromatic rings. The van der Waals surface area contributed by atoms with Crippen molar-refractivity contribution in [3.05, 3.63) is 68.2 Å². The summed E-state index contributed by atoms with van der Waals surface area (Å²) >= 11 is 11.8. The minimum absolute atomic E-state index is 0.0149. The summed E-state index contributed by atoms with van der Waals surface area (Å²) in [7, 11) is 0. The van der Waals surface area contributed by atoms with Crippen molar-refractivity contribution in [1.29, 1.82) is 0 Å². The summed E-state index contributed by atoms with van der Waals surface area (Å²) in [4.78, 5) is 46.5. The van der Waals surface area contributed by atoms with Crippen molar-refractivity contribution in [2.24, 2.45) is 0 Å². The number of carbonyl (C=O) groups excluding carboxylic acids is 3. The summed E-state index contributed by atoms with van der Waals surface area (Å²) in [5.74, 6) is -1.81. The maximum Gasteiger partial charge on any atom is 0.309 e. The van der Waals surface area contributed by atoms with Gasteiger partial charge in [0.2, 0.25) is 5.91 Å². The maximum atomic E-state index is 12.4. The Labute approximate surface area is 187 Å². The standard InChI is InChI=1S/C20H19Cl2N3O6/c1-11(20(28)24-18-9-15(25(29)30)7-8-16(18)22)31-19(27)10-17(23-12(2)26)13-3-5-14(21)6-4-13/h3-9,11,17H,10H2,1-2H3,(H,23,26)(H,24,28). The van der Waals surface area contributed by atoms with Gasteiger partial charge in [0.25, 0.3) is 11.6 Å². The van der Waals surface area contributed by atoms with Gasteiger partial charge in [-0.3, -0.25) is 24.5 Å². The van der Waals surface area contributed by atoms with Gasteiger partial charge in [-0.05, 0) is 30.7 Å². The molecule has 0 spiro atoms. The molecule has 11 heteroatoms. The van der Waals surface area contributed by atoms with Gasteiger partial charge < -0.3 is 15.4 Å². The third kappa shape index (κ3) is 7.23. The van der Waals surface area contributed by atoms with E-state index in [0.29, 0.717) is 10.6 Å². The molecule has 2 amide bonds.